The van der Waals surface area contributed by atoms with E-state index in [0.717, 1.165) is 0 Å². The number of carbonyl (C=O) groups is 1. The Labute approximate surface area is 174 Å². The fraction of sp³-hybridized carbons (Fsp3) is 0.190. The second kappa shape index (κ2) is 8.80. The maximum absolute atomic E-state index is 12.9. The minimum absolute atomic E-state index is 0.0253. The summed E-state index contributed by atoms with van der Waals surface area (Å²) >= 11 is 0. The zero-order chi connectivity index (χ0) is 21.7. The van der Waals surface area contributed by atoms with Crippen LogP contribution in [0.4, 0.5) is 5.69 Å². The largest absolute Gasteiger partial charge is 0.495 e. The van der Waals surface area contributed by atoms with Crippen molar-refractivity contribution >= 4 is 21.4 Å². The third-order valence-electron chi connectivity index (χ3n) is 4.31. The van der Waals surface area contributed by atoms with Crippen LogP contribution in [0.1, 0.15) is 17.7 Å². The van der Waals surface area contributed by atoms with Crippen LogP contribution in [0.15, 0.2) is 57.9 Å². The van der Waals surface area contributed by atoms with Gasteiger partial charge in [-0.1, -0.05) is 5.16 Å². The molecule has 1 aromatic heterocycles. The zero-order valence-electron chi connectivity index (χ0n) is 16.4. The first-order valence-corrected chi connectivity index (χ1v) is 10.6. The van der Waals surface area contributed by atoms with Crippen molar-refractivity contribution in [1.82, 2.24) is 5.16 Å². The number of carbonyl (C=O) groups excluding carboxylic acids is 1. The van der Waals surface area contributed by atoms with Gasteiger partial charge < -0.3 is 14.6 Å². The van der Waals surface area contributed by atoms with Crippen molar-refractivity contribution in [3.8, 4) is 23.1 Å². The van der Waals surface area contributed by atoms with Gasteiger partial charge in [-0.25, -0.2) is 8.42 Å². The molecule has 0 atom stereocenters. The molecule has 1 N–H and O–H groups in total. The molecule has 0 aliphatic rings. The van der Waals surface area contributed by atoms with Gasteiger partial charge in [0.2, 0.25) is 5.91 Å². The third kappa shape index (κ3) is 4.85. The van der Waals surface area contributed by atoms with Crippen molar-refractivity contribution in [3.63, 3.8) is 0 Å². The number of anilines is 1. The number of hydrogen-bond acceptors (Lipinski definition) is 7. The Morgan fingerprint density at radius 2 is 1.93 bits per heavy atom. The van der Waals surface area contributed by atoms with Crippen LogP contribution in [0, 0.1) is 18.3 Å². The van der Waals surface area contributed by atoms with E-state index in [1.54, 1.807) is 43.3 Å². The molecule has 1 heterocycles. The van der Waals surface area contributed by atoms with Crippen LogP contribution in [0.3, 0.4) is 0 Å². The number of amides is 1. The van der Waals surface area contributed by atoms with E-state index in [9.17, 15) is 13.2 Å². The van der Waals surface area contributed by atoms with Gasteiger partial charge in [-0.2, -0.15) is 5.26 Å². The van der Waals surface area contributed by atoms with Crippen molar-refractivity contribution in [1.29, 1.82) is 5.26 Å². The molecule has 2 aromatic carbocycles. The van der Waals surface area contributed by atoms with Gasteiger partial charge in [0.25, 0.3) is 0 Å². The number of nitrogens with zero attached hydrogens (tertiary/aromatic N) is 2. The molecule has 0 radical (unpaired) electrons. The molecule has 8 nitrogen and oxygen atoms in total. The molecule has 1 amide bonds. The van der Waals surface area contributed by atoms with Gasteiger partial charge in [0.1, 0.15) is 10.6 Å². The zero-order valence-corrected chi connectivity index (χ0v) is 17.2. The monoisotopic (exact) mass is 425 g/mol. The summed E-state index contributed by atoms with van der Waals surface area (Å²) in [5.74, 6) is -0.235. The molecule has 0 aliphatic heterocycles. The highest BCUT2D eigenvalue weighted by Gasteiger charge is 2.22. The Kier molecular flexibility index (Phi) is 6.18. The van der Waals surface area contributed by atoms with Gasteiger partial charge in [0, 0.05) is 23.7 Å². The van der Waals surface area contributed by atoms with Gasteiger partial charge in [0.15, 0.2) is 15.6 Å². The van der Waals surface area contributed by atoms with E-state index in [1.807, 2.05) is 6.07 Å². The van der Waals surface area contributed by atoms with Gasteiger partial charge in [-0.3, -0.25) is 4.79 Å². The third-order valence-corrected chi connectivity index (χ3v) is 6.04. The second-order valence-electron chi connectivity index (χ2n) is 6.50. The molecule has 3 aromatic rings. The Morgan fingerprint density at radius 3 is 2.53 bits per heavy atom. The molecule has 0 bridgehead atoms. The molecular weight excluding hydrogens is 406 g/mol. The van der Waals surface area contributed by atoms with Crippen molar-refractivity contribution in [2.75, 3.05) is 18.2 Å². The van der Waals surface area contributed by atoms with E-state index >= 15 is 0 Å². The molecule has 0 spiro atoms. The lowest BCUT2D eigenvalue weighted by molar-refractivity contribution is -0.115. The number of sulfone groups is 1. The molecule has 0 aliphatic carbocycles. The van der Waals surface area contributed by atoms with E-state index in [0.29, 0.717) is 28.3 Å². The molecule has 0 saturated carbocycles. The lowest BCUT2D eigenvalue weighted by atomic mass is 10.1. The van der Waals surface area contributed by atoms with E-state index < -0.39 is 21.5 Å². The van der Waals surface area contributed by atoms with Crippen LogP contribution in [-0.4, -0.2) is 32.3 Å². The van der Waals surface area contributed by atoms with Crippen molar-refractivity contribution in [3.05, 3.63) is 59.8 Å². The van der Waals surface area contributed by atoms with E-state index in [-0.39, 0.29) is 17.1 Å². The smallest absolute Gasteiger partial charge is 0.225 e. The van der Waals surface area contributed by atoms with Crippen LogP contribution in [-0.2, 0) is 14.6 Å². The summed E-state index contributed by atoms with van der Waals surface area (Å²) in [6.07, 6.45) is -0.239. The summed E-state index contributed by atoms with van der Waals surface area (Å²) < 4.78 is 36.2. The minimum Gasteiger partial charge on any atom is -0.495 e. The first kappa shape index (κ1) is 21.1. The number of benzene rings is 2. The Morgan fingerprint density at radius 1 is 1.20 bits per heavy atom. The molecule has 0 saturated heterocycles. The normalized spacial score (nSPS) is 11.0. The fourth-order valence-corrected chi connectivity index (χ4v) is 4.20. The van der Waals surface area contributed by atoms with E-state index in [4.69, 9.17) is 14.5 Å². The predicted octanol–water partition coefficient (Wildman–Crippen LogP) is 3.33. The van der Waals surface area contributed by atoms with Gasteiger partial charge >= 0.3 is 0 Å². The first-order chi connectivity index (χ1) is 14.3. The Balaban J connectivity index is 1.75. The summed E-state index contributed by atoms with van der Waals surface area (Å²) in [6, 6.07) is 14.6. The summed E-state index contributed by atoms with van der Waals surface area (Å²) in [7, 11) is -2.44. The molecule has 30 heavy (non-hydrogen) atoms. The quantitative estimate of drug-likeness (QED) is 0.616. The topological polar surface area (TPSA) is 122 Å². The van der Waals surface area contributed by atoms with Crippen molar-refractivity contribution in [2.24, 2.45) is 0 Å². The molecule has 3 rings (SSSR count). The average molecular weight is 425 g/mol. The number of aromatic nitrogens is 1. The standard InChI is InChI=1S/C21H19N3O5S/c1-14-11-19(29-24-14)16-5-8-18(28-2)20(12-16)30(26,27)10-9-21(25)23-17-6-3-15(13-22)4-7-17/h3-8,11-12H,9-10H2,1-2H3,(H,23,25). The summed E-state index contributed by atoms with van der Waals surface area (Å²) in [5, 5.41) is 15.2. The van der Waals surface area contributed by atoms with Crippen molar-refractivity contribution < 1.29 is 22.5 Å². The summed E-state index contributed by atoms with van der Waals surface area (Å²) in [5.41, 5.74) is 2.16. The average Bonchev–Trinajstić information content (AvgIpc) is 3.19. The highest BCUT2D eigenvalue weighted by atomic mass is 32.2. The Hall–Kier alpha value is -3.64. The lowest BCUT2D eigenvalue weighted by Crippen LogP contribution is -2.18. The number of nitrogens with one attached hydrogen (secondary N) is 1. The van der Waals surface area contributed by atoms with Gasteiger partial charge in [-0.05, 0) is 49.4 Å². The molecule has 0 fully saturated rings. The molecule has 154 valence electrons. The number of aryl methyl sites for hydroxylation is 1. The van der Waals surface area contributed by atoms with Gasteiger partial charge in [0.05, 0.1) is 30.2 Å². The predicted molar refractivity (Wildman–Crippen MR) is 110 cm³/mol. The number of rotatable bonds is 7. The molecule has 0 unspecified atom stereocenters. The number of ether oxygens (including phenoxy) is 1. The molecule has 9 heteroatoms. The highest BCUT2D eigenvalue weighted by Crippen LogP contribution is 2.31. The first-order valence-electron chi connectivity index (χ1n) is 8.97. The summed E-state index contributed by atoms with van der Waals surface area (Å²) in [6.45, 7) is 1.76. The van der Waals surface area contributed by atoms with Crippen LogP contribution in [0.2, 0.25) is 0 Å². The molecular formula is C21H19N3O5S. The van der Waals surface area contributed by atoms with Crippen LogP contribution >= 0.6 is 0 Å². The summed E-state index contributed by atoms with van der Waals surface area (Å²) in [4.78, 5) is 12.2. The minimum atomic E-state index is -3.82. The lowest BCUT2D eigenvalue weighted by Gasteiger charge is -2.11. The number of hydrogen-bond donors (Lipinski definition) is 1. The maximum atomic E-state index is 12.9. The second-order valence-corrected chi connectivity index (χ2v) is 8.58. The maximum Gasteiger partial charge on any atom is 0.225 e. The van der Waals surface area contributed by atoms with Gasteiger partial charge in [-0.15, -0.1) is 0 Å². The Bertz CT molecular complexity index is 1210. The van der Waals surface area contributed by atoms with E-state index in [2.05, 4.69) is 10.5 Å². The van der Waals surface area contributed by atoms with Crippen molar-refractivity contribution in [2.45, 2.75) is 18.2 Å². The van der Waals surface area contributed by atoms with E-state index in [1.165, 1.54) is 19.2 Å². The number of methoxy groups -OCH3 is 1. The van der Waals surface area contributed by atoms with Crippen LogP contribution in [0.5, 0.6) is 5.75 Å². The van der Waals surface area contributed by atoms with Crippen LogP contribution in [0.25, 0.3) is 11.3 Å². The SMILES string of the molecule is COc1ccc(-c2cc(C)no2)cc1S(=O)(=O)CCC(=O)Nc1ccc(C#N)cc1. The fourth-order valence-electron chi connectivity index (χ4n) is 2.76. The van der Waals surface area contributed by atoms with Crippen LogP contribution < -0.4 is 10.1 Å². The number of nitriles is 1. The highest BCUT2D eigenvalue weighted by molar-refractivity contribution is 7.91.